The van der Waals surface area contributed by atoms with Crippen LogP contribution in [0.15, 0.2) is 34.7 Å². The SMILES string of the molecule is CCOC(=O)c1ccc(NC(=O)c2cc(C)oc2C)cc1. The van der Waals surface area contributed by atoms with Crippen molar-refractivity contribution in [3.05, 3.63) is 53.0 Å². The van der Waals surface area contributed by atoms with Gasteiger partial charge in [-0.15, -0.1) is 0 Å². The lowest BCUT2D eigenvalue weighted by molar-refractivity contribution is 0.0526. The Morgan fingerprint density at radius 1 is 1.19 bits per heavy atom. The maximum Gasteiger partial charge on any atom is 0.338 e. The van der Waals surface area contributed by atoms with Gasteiger partial charge in [-0.3, -0.25) is 4.79 Å². The zero-order valence-electron chi connectivity index (χ0n) is 12.2. The molecule has 1 N–H and O–H groups in total. The quantitative estimate of drug-likeness (QED) is 0.876. The molecular formula is C16H17NO4. The highest BCUT2D eigenvalue weighted by molar-refractivity contribution is 6.05. The molecule has 21 heavy (non-hydrogen) atoms. The van der Waals surface area contributed by atoms with Gasteiger partial charge in [0, 0.05) is 5.69 Å². The van der Waals surface area contributed by atoms with Crippen LogP contribution in [0.4, 0.5) is 5.69 Å². The number of ether oxygens (including phenoxy) is 1. The molecule has 0 saturated carbocycles. The van der Waals surface area contributed by atoms with Crippen LogP contribution in [-0.4, -0.2) is 18.5 Å². The Bertz CT molecular complexity index is 655. The third-order valence-electron chi connectivity index (χ3n) is 2.94. The van der Waals surface area contributed by atoms with Crippen LogP contribution in [-0.2, 0) is 4.74 Å². The van der Waals surface area contributed by atoms with Crippen LogP contribution in [0.5, 0.6) is 0 Å². The smallest absolute Gasteiger partial charge is 0.338 e. The molecule has 5 nitrogen and oxygen atoms in total. The van der Waals surface area contributed by atoms with Crippen molar-refractivity contribution in [3.63, 3.8) is 0 Å². The van der Waals surface area contributed by atoms with Gasteiger partial charge >= 0.3 is 5.97 Å². The average Bonchev–Trinajstić information content (AvgIpc) is 2.79. The highest BCUT2D eigenvalue weighted by Crippen LogP contribution is 2.17. The van der Waals surface area contributed by atoms with E-state index < -0.39 is 0 Å². The zero-order valence-corrected chi connectivity index (χ0v) is 12.2. The number of amides is 1. The van der Waals surface area contributed by atoms with Crippen molar-refractivity contribution in [1.29, 1.82) is 0 Å². The molecular weight excluding hydrogens is 270 g/mol. The number of furan rings is 1. The van der Waals surface area contributed by atoms with E-state index in [1.807, 2.05) is 0 Å². The summed E-state index contributed by atoms with van der Waals surface area (Å²) in [6.45, 7) is 5.61. The number of aryl methyl sites for hydroxylation is 2. The lowest BCUT2D eigenvalue weighted by Gasteiger charge is -2.06. The van der Waals surface area contributed by atoms with Crippen LogP contribution >= 0.6 is 0 Å². The first-order valence-electron chi connectivity index (χ1n) is 6.67. The van der Waals surface area contributed by atoms with Gasteiger partial charge in [-0.2, -0.15) is 0 Å². The number of hydrogen-bond acceptors (Lipinski definition) is 4. The van der Waals surface area contributed by atoms with Crippen LogP contribution < -0.4 is 5.32 Å². The number of carbonyl (C=O) groups excluding carboxylic acids is 2. The first-order valence-corrected chi connectivity index (χ1v) is 6.67. The molecule has 0 aliphatic heterocycles. The second kappa shape index (κ2) is 6.26. The fourth-order valence-corrected chi connectivity index (χ4v) is 1.96. The number of anilines is 1. The molecule has 0 aliphatic rings. The number of rotatable bonds is 4. The minimum absolute atomic E-state index is 0.242. The maximum absolute atomic E-state index is 12.1. The molecule has 0 atom stereocenters. The number of esters is 1. The van der Waals surface area contributed by atoms with E-state index in [1.165, 1.54) is 0 Å². The molecule has 1 aromatic heterocycles. The lowest BCUT2D eigenvalue weighted by atomic mass is 10.2. The fraction of sp³-hybridized carbons (Fsp3) is 0.250. The molecule has 0 fully saturated rings. The minimum Gasteiger partial charge on any atom is -0.466 e. The molecule has 110 valence electrons. The Hall–Kier alpha value is -2.56. The van der Waals surface area contributed by atoms with Crippen LogP contribution in [0, 0.1) is 13.8 Å². The summed E-state index contributed by atoms with van der Waals surface area (Å²) in [5.74, 6) is 0.647. The Morgan fingerprint density at radius 2 is 1.86 bits per heavy atom. The predicted octanol–water partition coefficient (Wildman–Crippen LogP) is 3.33. The summed E-state index contributed by atoms with van der Waals surface area (Å²) >= 11 is 0. The summed E-state index contributed by atoms with van der Waals surface area (Å²) in [5, 5.41) is 2.76. The first kappa shape index (κ1) is 14.8. The van der Waals surface area contributed by atoms with Crippen molar-refractivity contribution in [3.8, 4) is 0 Å². The van der Waals surface area contributed by atoms with E-state index in [9.17, 15) is 9.59 Å². The van der Waals surface area contributed by atoms with Crippen molar-refractivity contribution in [2.24, 2.45) is 0 Å². The second-order valence-corrected chi connectivity index (χ2v) is 4.58. The molecule has 2 aromatic rings. The molecule has 1 amide bonds. The van der Waals surface area contributed by atoms with Crippen LogP contribution in [0.3, 0.4) is 0 Å². The van der Waals surface area contributed by atoms with Gasteiger partial charge in [-0.05, 0) is 51.1 Å². The van der Waals surface area contributed by atoms with Crippen molar-refractivity contribution < 1.29 is 18.7 Å². The summed E-state index contributed by atoms with van der Waals surface area (Å²) < 4.78 is 10.2. The third-order valence-corrected chi connectivity index (χ3v) is 2.94. The summed E-state index contributed by atoms with van der Waals surface area (Å²) in [6, 6.07) is 8.23. The van der Waals surface area contributed by atoms with E-state index in [4.69, 9.17) is 9.15 Å². The minimum atomic E-state index is -0.378. The van der Waals surface area contributed by atoms with Crippen molar-refractivity contribution in [1.82, 2.24) is 0 Å². The van der Waals surface area contributed by atoms with Crippen molar-refractivity contribution >= 4 is 17.6 Å². The molecule has 2 rings (SSSR count). The Labute approximate surface area is 122 Å². The molecule has 1 aromatic carbocycles. The van der Waals surface area contributed by atoms with Crippen LogP contribution in [0.1, 0.15) is 39.2 Å². The standard InChI is InChI=1S/C16H17NO4/c1-4-20-16(19)12-5-7-13(8-6-12)17-15(18)14-9-10(2)21-11(14)3/h5-9H,4H2,1-3H3,(H,17,18). The van der Waals surface area contributed by atoms with Gasteiger partial charge < -0.3 is 14.5 Å². The fourth-order valence-electron chi connectivity index (χ4n) is 1.96. The Balaban J connectivity index is 2.08. The van der Waals surface area contributed by atoms with Gasteiger partial charge in [-0.1, -0.05) is 0 Å². The van der Waals surface area contributed by atoms with Gasteiger partial charge in [0.2, 0.25) is 0 Å². The highest BCUT2D eigenvalue weighted by Gasteiger charge is 2.14. The first-order chi connectivity index (χ1) is 10.0. The Kier molecular flexibility index (Phi) is 4.42. The molecule has 0 aliphatic carbocycles. The Morgan fingerprint density at radius 3 is 2.38 bits per heavy atom. The van der Waals surface area contributed by atoms with Gasteiger partial charge in [0.15, 0.2) is 0 Å². The third kappa shape index (κ3) is 3.51. The summed E-state index contributed by atoms with van der Waals surface area (Å²) in [4.78, 5) is 23.6. The molecule has 0 saturated heterocycles. The van der Waals surface area contributed by atoms with E-state index in [2.05, 4.69) is 5.32 Å². The maximum atomic E-state index is 12.1. The van der Waals surface area contributed by atoms with E-state index in [1.54, 1.807) is 51.1 Å². The summed E-state index contributed by atoms with van der Waals surface area (Å²) in [5.41, 5.74) is 1.55. The van der Waals surface area contributed by atoms with E-state index in [-0.39, 0.29) is 11.9 Å². The number of carbonyl (C=O) groups is 2. The highest BCUT2D eigenvalue weighted by atomic mass is 16.5. The van der Waals surface area contributed by atoms with Gasteiger partial charge in [0.05, 0.1) is 17.7 Å². The monoisotopic (exact) mass is 287 g/mol. The summed E-state index contributed by atoms with van der Waals surface area (Å²) in [6.07, 6.45) is 0. The largest absolute Gasteiger partial charge is 0.466 e. The second-order valence-electron chi connectivity index (χ2n) is 4.58. The van der Waals surface area contributed by atoms with Gasteiger partial charge in [0.25, 0.3) is 5.91 Å². The molecule has 1 heterocycles. The van der Waals surface area contributed by atoms with E-state index in [0.29, 0.717) is 34.9 Å². The normalized spacial score (nSPS) is 10.2. The number of nitrogens with one attached hydrogen (secondary N) is 1. The molecule has 5 heteroatoms. The van der Waals surface area contributed by atoms with Gasteiger partial charge in [-0.25, -0.2) is 4.79 Å². The van der Waals surface area contributed by atoms with Crippen LogP contribution in [0.25, 0.3) is 0 Å². The number of hydrogen-bond donors (Lipinski definition) is 1. The van der Waals surface area contributed by atoms with E-state index in [0.717, 1.165) is 0 Å². The topological polar surface area (TPSA) is 68.5 Å². The summed E-state index contributed by atoms with van der Waals surface area (Å²) in [7, 11) is 0. The predicted molar refractivity (Wildman–Crippen MR) is 78.5 cm³/mol. The molecule has 0 bridgehead atoms. The molecule has 0 unspecified atom stereocenters. The van der Waals surface area contributed by atoms with Crippen molar-refractivity contribution in [2.75, 3.05) is 11.9 Å². The average molecular weight is 287 g/mol. The van der Waals surface area contributed by atoms with E-state index >= 15 is 0 Å². The molecule has 0 radical (unpaired) electrons. The van der Waals surface area contributed by atoms with Crippen molar-refractivity contribution in [2.45, 2.75) is 20.8 Å². The van der Waals surface area contributed by atoms with Gasteiger partial charge in [0.1, 0.15) is 11.5 Å². The lowest BCUT2D eigenvalue weighted by Crippen LogP contribution is -2.12. The van der Waals surface area contributed by atoms with Crippen LogP contribution in [0.2, 0.25) is 0 Å². The molecule has 0 spiro atoms. The zero-order chi connectivity index (χ0) is 15.4. The number of benzene rings is 1.